The van der Waals surface area contributed by atoms with Gasteiger partial charge in [-0.1, -0.05) is 132 Å². The molecule has 0 atom stereocenters. The molecular weight excluding hydrogens is 1230 g/mol. The van der Waals surface area contributed by atoms with Crippen LogP contribution >= 0.6 is 11.8 Å². The highest BCUT2D eigenvalue weighted by Gasteiger charge is 2.51. The fourth-order valence-electron chi connectivity index (χ4n) is 13.9. The lowest BCUT2D eigenvalue weighted by Gasteiger charge is -2.46. The first-order chi connectivity index (χ1) is 45.1. The molecular formula is C73H39B2F12N5S. The van der Waals surface area contributed by atoms with Crippen LogP contribution in [-0.2, 0) is 6.18 Å². The van der Waals surface area contributed by atoms with E-state index in [0.29, 0.717) is 16.4 Å². The van der Waals surface area contributed by atoms with E-state index in [9.17, 15) is 0 Å². The van der Waals surface area contributed by atoms with Crippen molar-refractivity contribution in [2.75, 3.05) is 24.5 Å². The summed E-state index contributed by atoms with van der Waals surface area (Å²) < 4.78 is 202. The smallest absolute Gasteiger partial charge is 0.308 e. The second-order valence-electron chi connectivity index (χ2n) is 22.6. The summed E-state index contributed by atoms with van der Waals surface area (Å²) >= 11 is 0.831. The van der Waals surface area contributed by atoms with Gasteiger partial charge in [-0.25, -0.2) is 39.5 Å². The average molecular weight is 1270 g/mol. The van der Waals surface area contributed by atoms with Gasteiger partial charge in [0.2, 0.25) is 6.71 Å². The number of hydrogen-bond acceptors (Lipinski definition) is 6. The summed E-state index contributed by atoms with van der Waals surface area (Å²) in [6, 6.07) is 54.5. The molecule has 5 nitrogen and oxygen atoms in total. The largest absolute Gasteiger partial charge is 0.418 e. The zero-order chi connectivity index (χ0) is 63.9. The third-order valence-corrected chi connectivity index (χ3v) is 18.6. The Kier molecular flexibility index (Phi) is 13.4. The van der Waals surface area contributed by atoms with Crippen LogP contribution in [0.15, 0.2) is 246 Å². The van der Waals surface area contributed by atoms with Gasteiger partial charge in [0.15, 0.2) is 5.82 Å². The standard InChI is InChI=1S/C73H39B2F12N5S/c76-49-24-13-25-50(77)68(49)88(40-17-3-1-4-18-40)42-35-60-64-61(36-42)91(70-53(80)28-15-29-54(70)81)58-33-11-8-22-45(58)74(64)47-39-48-72(66(84)67(47)90(60)57-32-10-7-21-44(57)73(85,86)87)93-63-38-43(89(41-19-5-2-6-20-41)69-51(78)26-14-27-52(69)79)37-62-65(63)75(48)46-23-9-12-34-59(46)92(62)71-55(82)30-16-31-56(71)83/h1-39H. The minimum absolute atomic E-state index is 0.0479. The molecule has 20 heteroatoms. The molecule has 0 bridgehead atoms. The third kappa shape index (κ3) is 8.85. The Bertz CT molecular complexity index is 5020. The Labute approximate surface area is 528 Å². The number of rotatable bonds is 9. The van der Waals surface area contributed by atoms with Crippen molar-refractivity contribution >= 4 is 143 Å². The maximum absolute atomic E-state index is 20.1. The number of nitrogens with zero attached hydrogens (tertiary/aromatic N) is 5. The van der Waals surface area contributed by atoms with Crippen LogP contribution in [0.25, 0.3) is 0 Å². The zero-order valence-corrected chi connectivity index (χ0v) is 48.7. The van der Waals surface area contributed by atoms with E-state index in [4.69, 9.17) is 0 Å². The highest BCUT2D eigenvalue weighted by Crippen LogP contribution is 2.55. The summed E-state index contributed by atoms with van der Waals surface area (Å²) in [5.41, 5.74) is -2.56. The van der Waals surface area contributed by atoms with Crippen molar-refractivity contribution in [3.05, 3.63) is 295 Å². The van der Waals surface area contributed by atoms with Gasteiger partial charge < -0.3 is 24.5 Å². The first kappa shape index (κ1) is 57.4. The molecule has 4 aliphatic heterocycles. The summed E-state index contributed by atoms with van der Waals surface area (Å²) in [4.78, 5) is 6.28. The van der Waals surface area contributed by atoms with Crippen LogP contribution in [-0.4, -0.2) is 13.4 Å². The molecule has 4 aliphatic rings. The average Bonchev–Trinajstić information content (AvgIpc) is 0.685. The molecule has 93 heavy (non-hydrogen) atoms. The summed E-state index contributed by atoms with van der Waals surface area (Å²) in [6.07, 6.45) is -5.14. The highest BCUT2D eigenvalue weighted by atomic mass is 32.2. The van der Waals surface area contributed by atoms with E-state index in [-0.39, 0.29) is 77.4 Å². The molecule has 452 valence electrons. The summed E-state index contributed by atoms with van der Waals surface area (Å²) in [6.45, 7) is -2.30. The van der Waals surface area contributed by atoms with Crippen molar-refractivity contribution in [1.82, 2.24) is 0 Å². The summed E-state index contributed by atoms with van der Waals surface area (Å²) in [7, 11) is 0. The first-order valence-electron chi connectivity index (χ1n) is 29.2. The van der Waals surface area contributed by atoms with Crippen LogP contribution in [0.5, 0.6) is 0 Å². The number of fused-ring (bicyclic) bond motifs is 8. The maximum atomic E-state index is 20.1. The van der Waals surface area contributed by atoms with E-state index in [1.165, 1.54) is 62.1 Å². The van der Waals surface area contributed by atoms with Gasteiger partial charge in [0, 0.05) is 55.3 Å². The predicted octanol–water partition coefficient (Wildman–Crippen LogP) is 17.7. The van der Waals surface area contributed by atoms with Gasteiger partial charge in [0.1, 0.15) is 69.3 Å². The van der Waals surface area contributed by atoms with E-state index in [1.807, 2.05) is 0 Å². The number of hydrogen-bond donors (Lipinski definition) is 0. The Hall–Kier alpha value is -10.7. The third-order valence-electron chi connectivity index (χ3n) is 17.5. The van der Waals surface area contributed by atoms with Crippen LogP contribution in [0.4, 0.5) is 138 Å². The van der Waals surface area contributed by atoms with Crippen molar-refractivity contribution in [3.63, 3.8) is 0 Å². The number of anilines is 15. The number of halogens is 12. The lowest BCUT2D eigenvalue weighted by Crippen LogP contribution is -2.65. The first-order valence-corrected chi connectivity index (χ1v) is 30.0. The van der Waals surface area contributed by atoms with Crippen LogP contribution < -0.4 is 57.3 Å². The van der Waals surface area contributed by atoms with Gasteiger partial charge in [-0.05, 0) is 149 Å². The van der Waals surface area contributed by atoms with Gasteiger partial charge in [-0.2, -0.15) is 13.2 Å². The summed E-state index contributed by atoms with van der Waals surface area (Å²) in [5.74, 6) is -9.22. The molecule has 0 aliphatic carbocycles. The molecule has 0 saturated heterocycles. The molecule has 0 N–H and O–H groups in total. The molecule has 0 saturated carbocycles. The molecule has 0 unspecified atom stereocenters. The predicted molar refractivity (Wildman–Crippen MR) is 344 cm³/mol. The Morgan fingerprint density at radius 2 is 0.688 bits per heavy atom. The lowest BCUT2D eigenvalue weighted by molar-refractivity contribution is -0.137. The Balaban J connectivity index is 1.04. The van der Waals surface area contributed by atoms with Crippen molar-refractivity contribution in [2.45, 2.75) is 16.0 Å². The van der Waals surface area contributed by atoms with E-state index < -0.39 is 112 Å². The molecule has 0 radical (unpaired) electrons. The van der Waals surface area contributed by atoms with Gasteiger partial charge in [0.05, 0.1) is 22.6 Å². The molecule has 0 aromatic heterocycles. The molecule has 0 spiro atoms. The van der Waals surface area contributed by atoms with Crippen LogP contribution in [0, 0.1) is 52.4 Å². The van der Waals surface area contributed by atoms with E-state index in [1.54, 1.807) is 115 Å². The minimum Gasteiger partial charge on any atom is -0.308 e. The van der Waals surface area contributed by atoms with Crippen LogP contribution in [0.2, 0.25) is 0 Å². The monoisotopic (exact) mass is 1270 g/mol. The van der Waals surface area contributed by atoms with E-state index >= 15 is 52.7 Å². The van der Waals surface area contributed by atoms with Gasteiger partial charge in [-0.15, -0.1) is 0 Å². The number of para-hydroxylation sites is 9. The molecule has 0 amide bonds. The van der Waals surface area contributed by atoms with Crippen LogP contribution in [0.1, 0.15) is 5.56 Å². The normalized spacial score (nSPS) is 13.2. The van der Waals surface area contributed by atoms with Crippen molar-refractivity contribution in [3.8, 4) is 0 Å². The highest BCUT2D eigenvalue weighted by molar-refractivity contribution is 8.00. The lowest BCUT2D eigenvalue weighted by atomic mass is 9.31. The summed E-state index contributed by atoms with van der Waals surface area (Å²) in [5, 5.41) is 0. The Morgan fingerprint density at radius 3 is 1.15 bits per heavy atom. The quantitative estimate of drug-likeness (QED) is 0.105. The number of alkyl halides is 3. The van der Waals surface area contributed by atoms with Crippen molar-refractivity contribution in [2.24, 2.45) is 0 Å². The molecule has 0 fully saturated rings. The second-order valence-corrected chi connectivity index (χ2v) is 23.6. The van der Waals surface area contributed by atoms with Gasteiger partial charge in [0.25, 0.3) is 6.71 Å². The fraction of sp³-hybridized carbons (Fsp3) is 0.0137. The molecule has 12 aromatic rings. The Morgan fingerprint density at radius 1 is 0.312 bits per heavy atom. The molecule has 4 heterocycles. The van der Waals surface area contributed by atoms with Crippen molar-refractivity contribution in [1.29, 1.82) is 0 Å². The molecule has 16 rings (SSSR count). The van der Waals surface area contributed by atoms with E-state index in [0.717, 1.165) is 95.5 Å². The van der Waals surface area contributed by atoms with E-state index in [2.05, 4.69) is 0 Å². The minimum atomic E-state index is -5.14. The molecule has 12 aromatic carbocycles. The SMILES string of the molecule is Fc1cccc(F)c1N(c1ccccc1)c1cc2c3c(c1)N(c1c(F)cccc1F)c1ccccc1B3c1cc3c(c(F)c1S2)N(c1ccccc1C(F)(F)F)c1cc(N(c2ccccc2)c2c(F)cccc2F)cc2c1B3c1ccccc1N2c1c(F)cccc1F. The second kappa shape index (κ2) is 21.7. The van der Waals surface area contributed by atoms with Crippen LogP contribution in [0.3, 0.4) is 0 Å². The van der Waals surface area contributed by atoms with Gasteiger partial charge >= 0.3 is 6.18 Å². The van der Waals surface area contributed by atoms with Crippen molar-refractivity contribution < 1.29 is 52.7 Å². The maximum Gasteiger partial charge on any atom is 0.418 e. The van der Waals surface area contributed by atoms with Gasteiger partial charge in [-0.3, -0.25) is 0 Å². The fourth-order valence-corrected chi connectivity index (χ4v) is 15.1. The topological polar surface area (TPSA) is 16.2 Å². The number of benzene rings is 12. The zero-order valence-electron chi connectivity index (χ0n) is 47.9.